The van der Waals surface area contributed by atoms with Crippen molar-refractivity contribution in [3.05, 3.63) is 23.8 Å². The molecule has 1 aromatic rings. The molecule has 0 fully saturated rings. The molecule has 0 saturated heterocycles. The van der Waals surface area contributed by atoms with E-state index >= 15 is 0 Å². The average Bonchev–Trinajstić information content (AvgIpc) is 3.11. The summed E-state index contributed by atoms with van der Waals surface area (Å²) in [5.74, 6) is 1.74. The zero-order chi connectivity index (χ0) is 20.0. The molecule has 0 bridgehead atoms. The van der Waals surface area contributed by atoms with E-state index < -0.39 is 0 Å². The normalized spacial score (nSPS) is 16.1. The number of nitrogens with zero attached hydrogens (tertiary/aromatic N) is 1. The number of ether oxygens (including phenoxy) is 1. The smallest absolute Gasteiger partial charge is 0.132 e. The van der Waals surface area contributed by atoms with Crippen molar-refractivity contribution in [2.24, 2.45) is 4.99 Å². The van der Waals surface area contributed by atoms with Gasteiger partial charge in [0, 0.05) is 12.1 Å². The van der Waals surface area contributed by atoms with Crippen LogP contribution in [0.25, 0.3) is 0 Å². The summed E-state index contributed by atoms with van der Waals surface area (Å²) in [6, 6.07) is 5.83. The number of benzene rings is 1. The van der Waals surface area contributed by atoms with Crippen molar-refractivity contribution in [3.8, 4) is 11.5 Å². The highest BCUT2D eigenvalue weighted by Gasteiger charge is 2.17. The fourth-order valence-electron chi connectivity index (χ4n) is 3.65. The summed E-state index contributed by atoms with van der Waals surface area (Å²) in [7, 11) is 0. The van der Waals surface area contributed by atoms with Gasteiger partial charge in [-0.05, 0) is 25.5 Å². The van der Waals surface area contributed by atoms with E-state index in [0.29, 0.717) is 12.6 Å². The monoisotopic (exact) mass is 388 g/mol. The SMILES string of the molecule is CCCCCCCCCCCCCCOc1ccc(C2=NC[C@H](C)N2)c(O)c1. The Labute approximate surface area is 171 Å². The van der Waals surface area contributed by atoms with Crippen LogP contribution in [0.3, 0.4) is 0 Å². The molecular formula is C24H40N2O2. The van der Waals surface area contributed by atoms with Gasteiger partial charge in [0.1, 0.15) is 17.3 Å². The topological polar surface area (TPSA) is 53.8 Å². The predicted molar refractivity (Wildman–Crippen MR) is 119 cm³/mol. The van der Waals surface area contributed by atoms with Crippen LogP contribution in [0, 0.1) is 0 Å². The van der Waals surface area contributed by atoms with Crippen molar-refractivity contribution in [1.82, 2.24) is 5.32 Å². The van der Waals surface area contributed by atoms with E-state index in [-0.39, 0.29) is 5.75 Å². The van der Waals surface area contributed by atoms with Crippen LogP contribution in [0.15, 0.2) is 23.2 Å². The highest BCUT2D eigenvalue weighted by Crippen LogP contribution is 2.25. The third kappa shape index (κ3) is 8.53. The lowest BCUT2D eigenvalue weighted by atomic mass is 10.1. The minimum Gasteiger partial charge on any atom is -0.507 e. The van der Waals surface area contributed by atoms with Gasteiger partial charge in [-0.15, -0.1) is 0 Å². The van der Waals surface area contributed by atoms with E-state index in [1.165, 1.54) is 70.6 Å². The summed E-state index contributed by atoms with van der Waals surface area (Å²) in [4.78, 5) is 4.42. The quantitative estimate of drug-likeness (QED) is 0.351. The Balaban J connectivity index is 1.48. The molecule has 1 atom stereocenters. The Kier molecular flexibility index (Phi) is 10.9. The Morgan fingerprint density at radius 1 is 0.964 bits per heavy atom. The van der Waals surface area contributed by atoms with Crippen molar-refractivity contribution >= 4 is 5.84 Å². The van der Waals surface area contributed by atoms with Gasteiger partial charge in [0.15, 0.2) is 0 Å². The summed E-state index contributed by atoms with van der Waals surface area (Å²) >= 11 is 0. The van der Waals surface area contributed by atoms with Gasteiger partial charge in [-0.3, -0.25) is 4.99 Å². The first kappa shape index (κ1) is 22.6. The maximum absolute atomic E-state index is 10.2. The zero-order valence-corrected chi connectivity index (χ0v) is 18.0. The number of hydrogen-bond donors (Lipinski definition) is 2. The molecular weight excluding hydrogens is 348 g/mol. The number of nitrogens with one attached hydrogen (secondary N) is 1. The van der Waals surface area contributed by atoms with Crippen molar-refractivity contribution < 1.29 is 9.84 Å². The molecule has 0 aliphatic carbocycles. The summed E-state index contributed by atoms with van der Waals surface area (Å²) in [5, 5.41) is 13.5. The maximum atomic E-state index is 10.2. The number of unbranched alkanes of at least 4 members (excludes halogenated alkanes) is 11. The van der Waals surface area contributed by atoms with Gasteiger partial charge in [0.2, 0.25) is 0 Å². The fourth-order valence-corrected chi connectivity index (χ4v) is 3.65. The first-order valence-electron chi connectivity index (χ1n) is 11.5. The number of amidine groups is 1. The van der Waals surface area contributed by atoms with E-state index in [1.807, 2.05) is 12.1 Å². The Bertz CT molecular complexity index is 586. The number of aliphatic imine (C=N–C) groups is 1. The van der Waals surface area contributed by atoms with E-state index in [4.69, 9.17) is 4.74 Å². The standard InChI is InChI=1S/C24H40N2O2/c1-3-4-5-6-7-8-9-10-11-12-13-14-17-28-21-15-16-22(23(27)18-21)24-25-19-20(2)26-24/h15-16,18,20,27H,3-14,17,19H2,1-2H3,(H,25,26)/t20-/m0/s1. The van der Waals surface area contributed by atoms with Crippen LogP contribution in [0.1, 0.15) is 96.5 Å². The van der Waals surface area contributed by atoms with E-state index in [9.17, 15) is 5.11 Å². The van der Waals surface area contributed by atoms with Gasteiger partial charge >= 0.3 is 0 Å². The zero-order valence-electron chi connectivity index (χ0n) is 18.0. The first-order chi connectivity index (χ1) is 13.7. The Morgan fingerprint density at radius 2 is 1.57 bits per heavy atom. The second kappa shape index (κ2) is 13.5. The number of rotatable bonds is 15. The largest absolute Gasteiger partial charge is 0.507 e. The fraction of sp³-hybridized carbons (Fsp3) is 0.708. The Hall–Kier alpha value is -1.71. The van der Waals surface area contributed by atoms with Crippen LogP contribution in [0.2, 0.25) is 0 Å². The van der Waals surface area contributed by atoms with Gasteiger partial charge < -0.3 is 15.2 Å². The molecule has 0 saturated carbocycles. The molecule has 4 heteroatoms. The second-order valence-corrected chi connectivity index (χ2v) is 8.15. The Morgan fingerprint density at radius 3 is 2.11 bits per heavy atom. The highest BCUT2D eigenvalue weighted by molar-refractivity contribution is 6.02. The van der Waals surface area contributed by atoms with E-state index in [2.05, 4.69) is 24.2 Å². The van der Waals surface area contributed by atoms with E-state index in [0.717, 1.165) is 30.1 Å². The molecule has 1 aliphatic heterocycles. The molecule has 158 valence electrons. The number of aromatic hydroxyl groups is 1. The van der Waals surface area contributed by atoms with Crippen LogP contribution >= 0.6 is 0 Å². The van der Waals surface area contributed by atoms with Gasteiger partial charge in [0.05, 0.1) is 18.7 Å². The summed E-state index contributed by atoms with van der Waals surface area (Å²) < 4.78 is 5.80. The lowest BCUT2D eigenvalue weighted by Crippen LogP contribution is -2.27. The molecule has 1 heterocycles. The van der Waals surface area contributed by atoms with Crippen LogP contribution in [0.5, 0.6) is 11.5 Å². The van der Waals surface area contributed by atoms with Crippen molar-refractivity contribution in [3.63, 3.8) is 0 Å². The maximum Gasteiger partial charge on any atom is 0.132 e. The van der Waals surface area contributed by atoms with Gasteiger partial charge in [0.25, 0.3) is 0 Å². The van der Waals surface area contributed by atoms with Gasteiger partial charge in [-0.1, -0.05) is 77.6 Å². The molecule has 2 rings (SSSR count). The van der Waals surface area contributed by atoms with Gasteiger partial charge in [-0.25, -0.2) is 0 Å². The summed E-state index contributed by atoms with van der Waals surface area (Å²) in [5.41, 5.74) is 0.752. The molecule has 0 unspecified atom stereocenters. The summed E-state index contributed by atoms with van der Waals surface area (Å²) in [6.07, 6.45) is 16.1. The number of phenolic OH excluding ortho intramolecular Hbond substituents is 1. The van der Waals surface area contributed by atoms with E-state index in [1.54, 1.807) is 6.07 Å². The molecule has 0 radical (unpaired) electrons. The molecule has 1 aliphatic rings. The molecule has 0 amide bonds. The van der Waals surface area contributed by atoms with Crippen molar-refractivity contribution in [2.45, 2.75) is 96.9 Å². The van der Waals surface area contributed by atoms with Crippen molar-refractivity contribution in [1.29, 1.82) is 0 Å². The molecule has 2 N–H and O–H groups in total. The molecule has 4 nitrogen and oxygen atoms in total. The van der Waals surface area contributed by atoms with Crippen LogP contribution in [-0.4, -0.2) is 30.1 Å². The average molecular weight is 389 g/mol. The predicted octanol–water partition coefficient (Wildman–Crippen LogP) is 6.21. The van der Waals surface area contributed by atoms with Crippen molar-refractivity contribution in [2.75, 3.05) is 13.2 Å². The molecule has 0 spiro atoms. The summed E-state index contributed by atoms with van der Waals surface area (Å²) in [6.45, 7) is 5.83. The second-order valence-electron chi connectivity index (χ2n) is 8.15. The molecule has 1 aromatic carbocycles. The van der Waals surface area contributed by atoms with Crippen LogP contribution in [0.4, 0.5) is 0 Å². The molecule has 0 aromatic heterocycles. The first-order valence-corrected chi connectivity index (χ1v) is 11.5. The highest BCUT2D eigenvalue weighted by atomic mass is 16.5. The lowest BCUT2D eigenvalue weighted by molar-refractivity contribution is 0.302. The minimum absolute atomic E-state index is 0.229. The van der Waals surface area contributed by atoms with Gasteiger partial charge in [-0.2, -0.15) is 0 Å². The third-order valence-corrected chi connectivity index (χ3v) is 5.40. The third-order valence-electron chi connectivity index (χ3n) is 5.40. The lowest BCUT2D eigenvalue weighted by Gasteiger charge is -2.11. The number of phenols is 1. The minimum atomic E-state index is 0.229. The number of hydrogen-bond acceptors (Lipinski definition) is 4. The molecule has 28 heavy (non-hydrogen) atoms. The van der Waals surface area contributed by atoms with Crippen LogP contribution < -0.4 is 10.1 Å². The van der Waals surface area contributed by atoms with Crippen LogP contribution in [-0.2, 0) is 0 Å².